The van der Waals surface area contributed by atoms with Gasteiger partial charge in [-0.05, 0) is 18.0 Å². The van der Waals surface area contributed by atoms with Crippen molar-refractivity contribution < 1.29 is 0 Å². The topological polar surface area (TPSA) is 51.8 Å². The number of nitrogens with two attached hydrogens (primary N) is 1. The summed E-state index contributed by atoms with van der Waals surface area (Å²) in [6.45, 7) is 2.09. The van der Waals surface area contributed by atoms with Crippen LogP contribution in [0.4, 0.5) is 0 Å². The zero-order chi connectivity index (χ0) is 8.10. The Kier molecular flexibility index (Phi) is 3.82. The van der Waals surface area contributed by atoms with Gasteiger partial charge >= 0.3 is 0 Å². The van der Waals surface area contributed by atoms with Gasteiger partial charge in [-0.2, -0.15) is 4.37 Å². The summed E-state index contributed by atoms with van der Waals surface area (Å²) in [6.07, 6.45) is 2.59. The van der Waals surface area contributed by atoms with Crippen molar-refractivity contribution >= 4 is 23.3 Å². The predicted octanol–water partition coefficient (Wildman–Crippen LogP) is 1.37. The average Bonchev–Trinajstić information content (AvgIpc) is 2.52. The Morgan fingerprint density at radius 1 is 1.82 bits per heavy atom. The third-order valence-electron chi connectivity index (χ3n) is 1.29. The van der Waals surface area contributed by atoms with Gasteiger partial charge in [0.15, 0.2) is 4.34 Å². The van der Waals surface area contributed by atoms with Crippen LogP contribution in [0.1, 0.15) is 13.3 Å². The van der Waals surface area contributed by atoms with E-state index in [2.05, 4.69) is 16.3 Å². The van der Waals surface area contributed by atoms with Crippen molar-refractivity contribution in [3.05, 3.63) is 6.33 Å². The van der Waals surface area contributed by atoms with Gasteiger partial charge in [0.05, 0.1) is 0 Å². The lowest BCUT2D eigenvalue weighted by Gasteiger charge is -2.04. The largest absolute Gasteiger partial charge is 0.327 e. The van der Waals surface area contributed by atoms with Gasteiger partial charge in [0.2, 0.25) is 0 Å². The van der Waals surface area contributed by atoms with E-state index in [4.69, 9.17) is 5.73 Å². The molecule has 0 bridgehead atoms. The summed E-state index contributed by atoms with van der Waals surface area (Å²) in [5, 5.41) is 0. The first-order valence-electron chi connectivity index (χ1n) is 3.48. The minimum atomic E-state index is 0.281. The molecule has 0 saturated carbocycles. The molecule has 1 rings (SSSR count). The van der Waals surface area contributed by atoms with Crippen LogP contribution in [0.5, 0.6) is 0 Å². The highest BCUT2D eigenvalue weighted by Crippen LogP contribution is 2.18. The molecular formula is C6H11N3S2. The molecule has 0 amide bonds. The maximum atomic E-state index is 5.73. The second-order valence-corrected chi connectivity index (χ2v) is 4.23. The van der Waals surface area contributed by atoms with E-state index in [-0.39, 0.29) is 6.04 Å². The zero-order valence-corrected chi connectivity index (χ0v) is 7.99. The van der Waals surface area contributed by atoms with Crippen molar-refractivity contribution in [1.29, 1.82) is 0 Å². The molecule has 0 aliphatic heterocycles. The maximum Gasteiger partial charge on any atom is 0.169 e. The van der Waals surface area contributed by atoms with E-state index in [1.165, 1.54) is 11.5 Å². The molecule has 0 aliphatic carbocycles. The van der Waals surface area contributed by atoms with Gasteiger partial charge in [-0.3, -0.25) is 0 Å². The van der Waals surface area contributed by atoms with Gasteiger partial charge in [-0.1, -0.05) is 18.7 Å². The number of thioether (sulfide) groups is 1. The molecule has 0 aliphatic rings. The Morgan fingerprint density at radius 2 is 2.64 bits per heavy atom. The van der Waals surface area contributed by atoms with Crippen molar-refractivity contribution in [2.45, 2.75) is 23.7 Å². The molecule has 1 aromatic heterocycles. The molecule has 0 radical (unpaired) electrons. The van der Waals surface area contributed by atoms with E-state index in [0.717, 1.165) is 16.5 Å². The summed E-state index contributed by atoms with van der Waals surface area (Å²) in [5.41, 5.74) is 5.73. The molecule has 1 unspecified atom stereocenters. The molecule has 1 aromatic rings. The highest BCUT2D eigenvalue weighted by molar-refractivity contribution is 8.00. The minimum absolute atomic E-state index is 0.281. The van der Waals surface area contributed by atoms with E-state index in [9.17, 15) is 0 Å². The average molecular weight is 189 g/mol. The number of hydrogen-bond donors (Lipinski definition) is 1. The van der Waals surface area contributed by atoms with E-state index < -0.39 is 0 Å². The number of rotatable bonds is 4. The lowest BCUT2D eigenvalue weighted by molar-refractivity contribution is 0.724. The lowest BCUT2D eigenvalue weighted by Crippen LogP contribution is -2.21. The summed E-state index contributed by atoms with van der Waals surface area (Å²) in [6, 6.07) is 0.281. The van der Waals surface area contributed by atoms with Crippen LogP contribution in [-0.4, -0.2) is 21.2 Å². The van der Waals surface area contributed by atoms with Crippen LogP contribution < -0.4 is 5.73 Å². The highest BCUT2D eigenvalue weighted by Gasteiger charge is 2.02. The SMILES string of the molecule is CCC(N)CSc1ncns1. The molecule has 0 saturated heterocycles. The number of nitrogens with zero attached hydrogens (tertiary/aromatic N) is 2. The van der Waals surface area contributed by atoms with Gasteiger partial charge in [-0.15, -0.1) is 0 Å². The monoisotopic (exact) mass is 189 g/mol. The minimum Gasteiger partial charge on any atom is -0.327 e. The molecule has 1 heterocycles. The normalized spacial score (nSPS) is 13.3. The van der Waals surface area contributed by atoms with Crippen LogP contribution in [0.3, 0.4) is 0 Å². The van der Waals surface area contributed by atoms with Crippen LogP contribution in [0, 0.1) is 0 Å². The molecule has 0 aromatic carbocycles. The molecular weight excluding hydrogens is 178 g/mol. The van der Waals surface area contributed by atoms with Crippen molar-refractivity contribution in [2.24, 2.45) is 5.73 Å². The van der Waals surface area contributed by atoms with E-state index in [1.807, 2.05) is 0 Å². The fraction of sp³-hybridized carbons (Fsp3) is 0.667. The number of hydrogen-bond acceptors (Lipinski definition) is 5. The zero-order valence-electron chi connectivity index (χ0n) is 6.36. The molecule has 62 valence electrons. The van der Waals surface area contributed by atoms with Crippen molar-refractivity contribution in [3.63, 3.8) is 0 Å². The fourth-order valence-corrected chi connectivity index (χ4v) is 2.06. The van der Waals surface area contributed by atoms with Gasteiger partial charge in [0, 0.05) is 11.8 Å². The van der Waals surface area contributed by atoms with E-state index in [0.29, 0.717) is 0 Å². The van der Waals surface area contributed by atoms with Gasteiger partial charge in [0.25, 0.3) is 0 Å². The highest BCUT2D eigenvalue weighted by atomic mass is 32.2. The third kappa shape index (κ3) is 3.18. The van der Waals surface area contributed by atoms with Crippen LogP contribution in [-0.2, 0) is 0 Å². The van der Waals surface area contributed by atoms with Crippen molar-refractivity contribution in [1.82, 2.24) is 9.36 Å². The number of aromatic nitrogens is 2. The summed E-state index contributed by atoms with van der Waals surface area (Å²) in [4.78, 5) is 4.04. The second kappa shape index (κ2) is 4.69. The molecule has 0 fully saturated rings. The molecule has 2 N–H and O–H groups in total. The fourth-order valence-electron chi connectivity index (χ4n) is 0.523. The summed E-state index contributed by atoms with van der Waals surface area (Å²) >= 11 is 3.10. The van der Waals surface area contributed by atoms with Crippen molar-refractivity contribution in [2.75, 3.05) is 5.75 Å². The van der Waals surface area contributed by atoms with Crippen LogP contribution in [0.15, 0.2) is 10.7 Å². The van der Waals surface area contributed by atoms with Crippen LogP contribution >= 0.6 is 23.3 Å². The van der Waals surface area contributed by atoms with Crippen LogP contribution in [0.25, 0.3) is 0 Å². The first kappa shape index (κ1) is 8.96. The Bertz CT molecular complexity index is 188. The van der Waals surface area contributed by atoms with Gasteiger partial charge in [-0.25, -0.2) is 4.98 Å². The summed E-state index contributed by atoms with van der Waals surface area (Å²) in [7, 11) is 0. The molecule has 1 atom stereocenters. The maximum absolute atomic E-state index is 5.73. The van der Waals surface area contributed by atoms with Crippen LogP contribution in [0.2, 0.25) is 0 Å². The van der Waals surface area contributed by atoms with E-state index in [1.54, 1.807) is 18.1 Å². The Labute approximate surface area is 74.6 Å². The van der Waals surface area contributed by atoms with Gasteiger partial charge in [0.1, 0.15) is 6.33 Å². The summed E-state index contributed by atoms with van der Waals surface area (Å²) < 4.78 is 4.90. The third-order valence-corrected chi connectivity index (χ3v) is 3.27. The molecule has 0 spiro atoms. The summed E-state index contributed by atoms with van der Waals surface area (Å²) in [5.74, 6) is 0.936. The Hall–Kier alpha value is -0.130. The Morgan fingerprint density at radius 3 is 3.18 bits per heavy atom. The first-order chi connectivity index (χ1) is 5.33. The molecule has 11 heavy (non-hydrogen) atoms. The lowest BCUT2D eigenvalue weighted by atomic mass is 10.3. The standard InChI is InChI=1S/C6H11N3S2/c1-2-5(7)3-10-6-8-4-9-11-6/h4-5H,2-3,7H2,1H3. The second-order valence-electron chi connectivity index (χ2n) is 2.19. The molecule has 3 nitrogen and oxygen atoms in total. The smallest absolute Gasteiger partial charge is 0.169 e. The Balaban J connectivity index is 2.23. The molecule has 5 heteroatoms. The predicted molar refractivity (Wildman–Crippen MR) is 48.9 cm³/mol. The quantitative estimate of drug-likeness (QED) is 0.727. The van der Waals surface area contributed by atoms with E-state index >= 15 is 0 Å². The van der Waals surface area contributed by atoms with Gasteiger partial charge < -0.3 is 5.73 Å². The van der Waals surface area contributed by atoms with Crippen molar-refractivity contribution in [3.8, 4) is 0 Å². The first-order valence-corrected chi connectivity index (χ1v) is 5.24.